The van der Waals surface area contributed by atoms with Crippen molar-refractivity contribution >= 4 is 69.0 Å². The van der Waals surface area contributed by atoms with Gasteiger partial charge in [-0.05, 0) is 55.0 Å². The fourth-order valence-corrected chi connectivity index (χ4v) is 7.30. The summed E-state index contributed by atoms with van der Waals surface area (Å²) in [7, 11) is 0. The van der Waals surface area contributed by atoms with E-state index in [1.54, 1.807) is 41.7 Å². The molecule has 5 rings (SSSR count). The van der Waals surface area contributed by atoms with Gasteiger partial charge in [0, 0.05) is 47.4 Å². The van der Waals surface area contributed by atoms with Gasteiger partial charge in [0.25, 0.3) is 0 Å². The molecule has 0 saturated carbocycles. The number of allylic oxidation sites excluding steroid dienone is 3. The van der Waals surface area contributed by atoms with E-state index in [0.717, 1.165) is 41.0 Å². The zero-order valence-electron chi connectivity index (χ0n) is 23.1. The molecule has 0 bridgehead atoms. The number of benzene rings is 3. The molecule has 2 aromatic heterocycles. The molecule has 0 N–H and O–H groups in total. The van der Waals surface area contributed by atoms with Gasteiger partial charge < -0.3 is 8.83 Å². The molecule has 0 spiro atoms. The minimum atomic E-state index is -0.477. The highest BCUT2D eigenvalue weighted by atomic mass is 32.2. The van der Waals surface area contributed by atoms with Crippen LogP contribution in [0, 0.1) is 0 Å². The molecule has 0 aliphatic rings. The number of hydrogen-bond donors (Lipinski definition) is 0. The number of hydrogen-bond acceptors (Lipinski definition) is 8. The summed E-state index contributed by atoms with van der Waals surface area (Å²) in [4.78, 5) is 31.7. The molecule has 2 heterocycles. The molecule has 4 nitrogen and oxygen atoms in total. The van der Waals surface area contributed by atoms with Crippen LogP contribution in [-0.2, 0) is 6.42 Å². The van der Waals surface area contributed by atoms with Crippen LogP contribution in [0.25, 0.3) is 21.9 Å². The van der Waals surface area contributed by atoms with Gasteiger partial charge >= 0.3 is 11.3 Å². The molecule has 0 aliphatic carbocycles. The molecule has 0 radical (unpaired) electrons. The van der Waals surface area contributed by atoms with Crippen molar-refractivity contribution in [1.82, 2.24) is 0 Å². The maximum Gasteiger partial charge on any atom is 0.340 e. The van der Waals surface area contributed by atoms with Crippen molar-refractivity contribution in [2.24, 2.45) is 0 Å². The molecule has 5 aromatic rings. The Kier molecular flexibility index (Phi) is 10.2. The van der Waals surface area contributed by atoms with Gasteiger partial charge in [-0.1, -0.05) is 84.7 Å². The predicted octanol–water partition coefficient (Wildman–Crippen LogP) is 9.44. The van der Waals surface area contributed by atoms with Gasteiger partial charge in [0.05, 0.1) is 11.1 Å². The van der Waals surface area contributed by atoms with Crippen LogP contribution < -0.4 is 11.3 Å². The van der Waals surface area contributed by atoms with Crippen molar-refractivity contribution in [3.05, 3.63) is 141 Å². The number of thioether (sulfide) groups is 3. The summed E-state index contributed by atoms with van der Waals surface area (Å²) in [6.07, 6.45) is 11.9. The lowest BCUT2D eigenvalue weighted by atomic mass is 10.0. The second-order valence-corrected chi connectivity index (χ2v) is 13.1. The van der Waals surface area contributed by atoms with Crippen LogP contribution in [0.5, 0.6) is 0 Å². The van der Waals surface area contributed by atoms with E-state index in [0.29, 0.717) is 22.3 Å². The van der Waals surface area contributed by atoms with Crippen molar-refractivity contribution in [3.63, 3.8) is 0 Å². The van der Waals surface area contributed by atoms with E-state index in [-0.39, 0.29) is 6.42 Å². The molecule has 0 aliphatic heterocycles. The Hall–Kier alpha value is -3.30. The van der Waals surface area contributed by atoms with Crippen LogP contribution >= 0.6 is 47.0 Å². The van der Waals surface area contributed by atoms with Gasteiger partial charge in [0.15, 0.2) is 0 Å². The van der Waals surface area contributed by atoms with E-state index in [9.17, 15) is 9.59 Å². The van der Waals surface area contributed by atoms with Gasteiger partial charge in [0.1, 0.15) is 11.2 Å². The number of fused-ring (bicyclic) bond motifs is 2. The van der Waals surface area contributed by atoms with Crippen LogP contribution in [0.1, 0.15) is 11.1 Å². The minimum absolute atomic E-state index is 0.0593. The standard InChI is InChI=1S/C34H28O4S4/c1-4-10-23(11-9-20-39-2)41-31-25-12-5-7-14-29(25)37-33(35)27(31)21-28-32(42-24-18-16-22(40-3)17-19-24)26-13-6-8-15-30(26)38-34(28)36/h4-19H,1,20-21H2,2-3H3/b11-9-,23-10+. The third kappa shape index (κ3) is 6.84. The highest BCUT2D eigenvalue weighted by Gasteiger charge is 2.22. The Bertz CT molecular complexity index is 1920. The predicted molar refractivity (Wildman–Crippen MR) is 182 cm³/mol. The van der Waals surface area contributed by atoms with Crippen molar-refractivity contribution in [1.29, 1.82) is 0 Å². The molecule has 0 unspecified atom stereocenters. The number of para-hydroxylation sites is 2. The molecule has 42 heavy (non-hydrogen) atoms. The second-order valence-electron chi connectivity index (χ2n) is 9.11. The van der Waals surface area contributed by atoms with Crippen LogP contribution in [0.15, 0.2) is 147 Å². The second kappa shape index (κ2) is 14.2. The quantitative estimate of drug-likeness (QED) is 0.0815. The van der Waals surface area contributed by atoms with E-state index in [1.165, 1.54) is 23.5 Å². The molecule has 0 atom stereocenters. The Morgan fingerprint density at radius 2 is 1.36 bits per heavy atom. The van der Waals surface area contributed by atoms with E-state index in [1.807, 2.05) is 73.2 Å². The molecular formula is C34H28O4S4. The summed E-state index contributed by atoms with van der Waals surface area (Å²) in [5.74, 6) is 0.857. The molecular weight excluding hydrogens is 601 g/mol. The van der Waals surface area contributed by atoms with E-state index >= 15 is 0 Å². The van der Waals surface area contributed by atoms with Crippen LogP contribution in [0.2, 0.25) is 0 Å². The largest absolute Gasteiger partial charge is 0.422 e. The van der Waals surface area contributed by atoms with Crippen molar-refractivity contribution < 1.29 is 8.83 Å². The van der Waals surface area contributed by atoms with Gasteiger partial charge in [-0.3, -0.25) is 0 Å². The Morgan fingerprint density at radius 3 is 1.95 bits per heavy atom. The average Bonchev–Trinajstić information content (AvgIpc) is 3.00. The van der Waals surface area contributed by atoms with Crippen LogP contribution in [-0.4, -0.2) is 18.3 Å². The van der Waals surface area contributed by atoms with Crippen LogP contribution in [0.3, 0.4) is 0 Å². The Balaban J connectivity index is 1.69. The van der Waals surface area contributed by atoms with E-state index in [2.05, 4.69) is 24.8 Å². The van der Waals surface area contributed by atoms with Gasteiger partial charge in [0.2, 0.25) is 0 Å². The molecule has 0 amide bonds. The first kappa shape index (κ1) is 30.2. The topological polar surface area (TPSA) is 60.4 Å². The lowest BCUT2D eigenvalue weighted by molar-refractivity contribution is 0.536. The fourth-order valence-electron chi connectivity index (χ4n) is 4.41. The Labute approximate surface area is 261 Å². The van der Waals surface area contributed by atoms with Gasteiger partial charge in [-0.25, -0.2) is 9.59 Å². The van der Waals surface area contributed by atoms with Crippen molar-refractivity contribution in [2.75, 3.05) is 18.3 Å². The first-order valence-corrected chi connectivity index (χ1v) is 17.3. The maximum atomic E-state index is 13.6. The Morgan fingerprint density at radius 1 is 0.786 bits per heavy atom. The van der Waals surface area contributed by atoms with E-state index in [4.69, 9.17) is 8.83 Å². The third-order valence-electron chi connectivity index (χ3n) is 6.39. The minimum Gasteiger partial charge on any atom is -0.422 e. The molecule has 0 fully saturated rings. The van der Waals surface area contributed by atoms with Crippen molar-refractivity contribution in [2.45, 2.75) is 26.0 Å². The average molecular weight is 629 g/mol. The summed E-state index contributed by atoms with van der Waals surface area (Å²) in [5.41, 5.74) is 0.883. The highest BCUT2D eigenvalue weighted by molar-refractivity contribution is 8.03. The molecule has 212 valence electrons. The monoisotopic (exact) mass is 628 g/mol. The lowest BCUT2D eigenvalue weighted by Gasteiger charge is -2.14. The normalized spacial score (nSPS) is 12.0. The fraction of sp³-hybridized carbons (Fsp3) is 0.118. The third-order valence-corrected chi connectivity index (χ3v) is 10.0. The summed E-state index contributed by atoms with van der Waals surface area (Å²) >= 11 is 6.36. The first-order valence-electron chi connectivity index (χ1n) is 13.1. The lowest BCUT2D eigenvalue weighted by Crippen LogP contribution is -2.16. The zero-order chi connectivity index (χ0) is 29.5. The highest BCUT2D eigenvalue weighted by Crippen LogP contribution is 2.39. The van der Waals surface area contributed by atoms with Gasteiger partial charge in [-0.2, -0.15) is 11.8 Å². The molecule has 0 saturated heterocycles. The summed E-state index contributed by atoms with van der Waals surface area (Å²) in [5, 5.41) is 1.62. The molecule has 3 aromatic carbocycles. The first-order chi connectivity index (χ1) is 20.5. The van der Waals surface area contributed by atoms with Gasteiger partial charge in [-0.15, -0.1) is 11.8 Å². The SMILES string of the molecule is C=C/C=C(\C=C/CSC)Sc1c(Cc2c(Sc3ccc(SC)cc3)c3ccccc3oc2=O)c(=O)oc2ccccc12. The molecule has 8 heteroatoms. The van der Waals surface area contributed by atoms with Crippen LogP contribution in [0.4, 0.5) is 0 Å². The summed E-state index contributed by atoms with van der Waals surface area (Å²) < 4.78 is 11.6. The summed E-state index contributed by atoms with van der Waals surface area (Å²) in [6.45, 7) is 3.88. The van der Waals surface area contributed by atoms with E-state index < -0.39 is 11.3 Å². The smallest absolute Gasteiger partial charge is 0.340 e. The number of rotatable bonds is 11. The van der Waals surface area contributed by atoms with Crippen molar-refractivity contribution in [3.8, 4) is 0 Å². The maximum absolute atomic E-state index is 13.6. The summed E-state index contributed by atoms with van der Waals surface area (Å²) in [6, 6.07) is 23.2. The zero-order valence-corrected chi connectivity index (χ0v) is 26.4.